The van der Waals surface area contributed by atoms with Crippen LogP contribution in [0.2, 0.25) is 0 Å². The third-order valence-corrected chi connectivity index (χ3v) is 3.79. The zero-order valence-corrected chi connectivity index (χ0v) is 11.1. The van der Waals surface area contributed by atoms with Crippen LogP contribution < -0.4 is 4.74 Å². The lowest BCUT2D eigenvalue weighted by Crippen LogP contribution is -2.52. The van der Waals surface area contributed by atoms with E-state index in [1.807, 2.05) is 0 Å². The Morgan fingerprint density at radius 2 is 1.42 bits per heavy atom. The molecule has 0 spiro atoms. The zero-order chi connectivity index (χ0) is 14.3. The lowest BCUT2D eigenvalue weighted by molar-refractivity contribution is -0.0577. The molecule has 19 heavy (non-hydrogen) atoms. The first-order valence-electron chi connectivity index (χ1n) is 5.23. The van der Waals surface area contributed by atoms with E-state index in [4.69, 9.17) is 9.47 Å². The van der Waals surface area contributed by atoms with Crippen LogP contribution in [0.25, 0.3) is 0 Å². The monoisotopic (exact) mass is 346 g/mol. The van der Waals surface area contributed by atoms with Crippen molar-refractivity contribution in [3.63, 3.8) is 0 Å². The molecular weight excluding hydrogens is 339 g/mol. The predicted octanol–water partition coefficient (Wildman–Crippen LogP) is 3.31. The number of halogens is 6. The predicted molar refractivity (Wildman–Crippen MR) is 58.8 cm³/mol. The van der Waals surface area contributed by atoms with Gasteiger partial charge in [-0.1, -0.05) is 15.9 Å². The largest absolute Gasteiger partial charge is 0.481 e. The van der Waals surface area contributed by atoms with E-state index in [0.717, 1.165) is 0 Å². The Morgan fingerprint density at radius 1 is 0.947 bits per heavy atom. The van der Waals surface area contributed by atoms with Crippen molar-refractivity contribution >= 4 is 15.9 Å². The second-order valence-electron chi connectivity index (χ2n) is 4.01. The molecule has 0 N–H and O–H groups in total. The average molecular weight is 347 g/mol. The Bertz CT molecular complexity index is 481. The van der Waals surface area contributed by atoms with Gasteiger partial charge in [-0.3, -0.25) is 0 Å². The van der Waals surface area contributed by atoms with Crippen LogP contribution in [0.4, 0.5) is 22.0 Å². The number of hydrogen-bond acceptors (Lipinski definition) is 2. The lowest BCUT2D eigenvalue weighted by Gasteiger charge is -2.40. The van der Waals surface area contributed by atoms with Gasteiger partial charge in [-0.15, -0.1) is 0 Å². The molecule has 0 heterocycles. The molecule has 0 aliphatic heterocycles. The molecule has 3 unspecified atom stereocenters. The third-order valence-electron chi connectivity index (χ3n) is 2.89. The van der Waals surface area contributed by atoms with Crippen LogP contribution in [0.3, 0.4) is 0 Å². The molecule has 1 aromatic carbocycles. The van der Waals surface area contributed by atoms with E-state index in [9.17, 15) is 22.0 Å². The molecule has 3 atom stereocenters. The van der Waals surface area contributed by atoms with Crippen molar-refractivity contribution in [3.05, 3.63) is 29.1 Å². The molecular formula is C11H8BrF5O2. The number of hydrogen-bond donors (Lipinski definition) is 0. The van der Waals surface area contributed by atoms with E-state index in [1.165, 1.54) is 7.11 Å². The van der Waals surface area contributed by atoms with Crippen molar-refractivity contribution in [1.82, 2.24) is 0 Å². The minimum absolute atomic E-state index is 0.0937. The zero-order valence-electron chi connectivity index (χ0n) is 9.52. The maximum atomic E-state index is 13.4. The van der Waals surface area contributed by atoms with Crippen LogP contribution in [0.5, 0.6) is 5.75 Å². The molecule has 0 amide bonds. The Morgan fingerprint density at radius 3 is 1.84 bits per heavy atom. The van der Waals surface area contributed by atoms with Crippen LogP contribution in [-0.4, -0.2) is 24.1 Å². The van der Waals surface area contributed by atoms with Gasteiger partial charge in [-0.2, -0.15) is 8.78 Å². The average Bonchev–Trinajstić information content (AvgIpc) is 2.38. The quantitative estimate of drug-likeness (QED) is 0.362. The van der Waals surface area contributed by atoms with E-state index in [1.54, 1.807) is 0 Å². The van der Waals surface area contributed by atoms with Crippen LogP contribution in [0.15, 0.2) is 0 Å². The molecule has 2 rings (SSSR count). The van der Waals surface area contributed by atoms with Crippen molar-refractivity contribution in [2.75, 3.05) is 7.11 Å². The summed E-state index contributed by atoms with van der Waals surface area (Å²) in [4.78, 5) is -0.0937. The molecule has 0 bridgehead atoms. The Kier molecular flexibility index (Phi) is 4.00. The molecule has 1 fully saturated rings. The summed E-state index contributed by atoms with van der Waals surface area (Å²) in [5, 5.41) is 0. The van der Waals surface area contributed by atoms with E-state index < -0.39 is 47.0 Å². The summed E-state index contributed by atoms with van der Waals surface area (Å²) >= 11 is 3.22. The molecule has 0 saturated heterocycles. The molecule has 1 aromatic rings. The van der Waals surface area contributed by atoms with Gasteiger partial charge in [0.15, 0.2) is 5.75 Å². The van der Waals surface area contributed by atoms with Gasteiger partial charge in [-0.05, 0) is 0 Å². The van der Waals surface area contributed by atoms with Gasteiger partial charge in [0.2, 0.25) is 29.1 Å². The highest BCUT2D eigenvalue weighted by Crippen LogP contribution is 2.37. The van der Waals surface area contributed by atoms with Crippen molar-refractivity contribution in [1.29, 1.82) is 0 Å². The van der Waals surface area contributed by atoms with Gasteiger partial charge in [0, 0.05) is 18.4 Å². The van der Waals surface area contributed by atoms with E-state index >= 15 is 0 Å². The number of methoxy groups -OCH3 is 1. The van der Waals surface area contributed by atoms with Crippen molar-refractivity contribution in [2.24, 2.45) is 0 Å². The summed E-state index contributed by atoms with van der Waals surface area (Å²) in [5.74, 6) is -11.5. The van der Waals surface area contributed by atoms with E-state index in [2.05, 4.69) is 15.9 Å². The highest BCUT2D eigenvalue weighted by molar-refractivity contribution is 9.09. The maximum Gasteiger partial charge on any atom is 0.207 e. The third kappa shape index (κ3) is 2.31. The van der Waals surface area contributed by atoms with Gasteiger partial charge in [0.1, 0.15) is 12.2 Å². The van der Waals surface area contributed by atoms with Crippen LogP contribution >= 0.6 is 15.9 Å². The fraction of sp³-hybridized carbons (Fsp3) is 0.455. The first-order chi connectivity index (χ1) is 8.88. The van der Waals surface area contributed by atoms with Crippen molar-refractivity contribution in [3.8, 4) is 5.75 Å². The fourth-order valence-corrected chi connectivity index (χ4v) is 2.71. The summed E-state index contributed by atoms with van der Waals surface area (Å²) in [7, 11) is 1.35. The Balaban J connectivity index is 2.31. The topological polar surface area (TPSA) is 18.5 Å². The fourth-order valence-electron chi connectivity index (χ4n) is 1.78. The lowest BCUT2D eigenvalue weighted by atomic mass is 9.91. The number of benzene rings is 1. The normalized spacial score (nSPS) is 26.2. The minimum atomic E-state index is -2.21. The second kappa shape index (κ2) is 5.24. The summed E-state index contributed by atoms with van der Waals surface area (Å²) in [5.41, 5.74) is 0. The molecule has 8 heteroatoms. The van der Waals surface area contributed by atoms with Crippen LogP contribution in [-0.2, 0) is 4.74 Å². The van der Waals surface area contributed by atoms with Crippen LogP contribution in [0, 0.1) is 29.1 Å². The number of alkyl halides is 1. The summed E-state index contributed by atoms with van der Waals surface area (Å²) in [6.07, 6.45) is -0.963. The van der Waals surface area contributed by atoms with Gasteiger partial charge in [0.25, 0.3) is 0 Å². The SMILES string of the molecule is COC1C(Br)CC1Oc1c(F)c(F)c(F)c(F)c1F. The highest BCUT2D eigenvalue weighted by atomic mass is 79.9. The summed E-state index contributed by atoms with van der Waals surface area (Å²) < 4.78 is 75.2. The summed E-state index contributed by atoms with van der Waals surface area (Å²) in [6, 6.07) is 0. The molecule has 1 aliphatic rings. The maximum absolute atomic E-state index is 13.4. The molecule has 2 nitrogen and oxygen atoms in total. The van der Waals surface area contributed by atoms with Gasteiger partial charge >= 0.3 is 0 Å². The van der Waals surface area contributed by atoms with Crippen molar-refractivity contribution < 1.29 is 31.4 Å². The molecule has 106 valence electrons. The number of ether oxygens (including phenoxy) is 2. The van der Waals surface area contributed by atoms with Gasteiger partial charge < -0.3 is 9.47 Å². The Labute approximate surface area is 113 Å². The standard InChI is InChI=1S/C11H8BrF5O2/c1-18-10-3(12)2-4(10)19-11-8(16)6(14)5(13)7(15)9(11)17/h3-4,10H,2H2,1H3. The van der Waals surface area contributed by atoms with Gasteiger partial charge in [0.05, 0.1) is 0 Å². The molecule has 1 aliphatic carbocycles. The Hall–Kier alpha value is -0.890. The van der Waals surface area contributed by atoms with E-state index in [0.29, 0.717) is 6.42 Å². The summed E-state index contributed by atoms with van der Waals surface area (Å²) in [6.45, 7) is 0. The highest BCUT2D eigenvalue weighted by Gasteiger charge is 2.43. The molecule has 0 aromatic heterocycles. The molecule has 0 radical (unpaired) electrons. The number of rotatable bonds is 3. The minimum Gasteiger partial charge on any atom is -0.481 e. The van der Waals surface area contributed by atoms with Gasteiger partial charge in [-0.25, -0.2) is 13.2 Å². The van der Waals surface area contributed by atoms with Crippen molar-refractivity contribution in [2.45, 2.75) is 23.5 Å². The van der Waals surface area contributed by atoms with E-state index in [-0.39, 0.29) is 4.83 Å². The first kappa shape index (κ1) is 14.5. The molecule has 1 saturated carbocycles. The first-order valence-corrected chi connectivity index (χ1v) is 6.15. The smallest absolute Gasteiger partial charge is 0.207 e. The second-order valence-corrected chi connectivity index (χ2v) is 5.18. The van der Waals surface area contributed by atoms with Crippen LogP contribution in [0.1, 0.15) is 6.42 Å².